The Hall–Kier alpha value is -2.37. The van der Waals surface area contributed by atoms with Crippen molar-refractivity contribution in [3.63, 3.8) is 0 Å². The monoisotopic (exact) mass is 374 g/mol. The smallest absolute Gasteiger partial charge is 0.174 e. The van der Waals surface area contributed by atoms with Gasteiger partial charge in [0, 0.05) is 12.2 Å². The summed E-state index contributed by atoms with van der Waals surface area (Å²) in [6.45, 7) is 1.13. The molecule has 0 radical (unpaired) electrons. The van der Waals surface area contributed by atoms with Crippen molar-refractivity contribution in [2.24, 2.45) is 0 Å². The summed E-state index contributed by atoms with van der Waals surface area (Å²) < 4.78 is 18.8. The van der Waals surface area contributed by atoms with E-state index in [1.54, 1.807) is 12.3 Å². The Morgan fingerprint density at radius 1 is 1.08 bits per heavy atom. The van der Waals surface area contributed by atoms with Crippen LogP contribution in [-0.2, 0) is 13.1 Å². The van der Waals surface area contributed by atoms with Crippen LogP contribution in [0.3, 0.4) is 0 Å². The van der Waals surface area contributed by atoms with E-state index < -0.39 is 5.82 Å². The molecule has 0 spiro atoms. The SMILES string of the molecule is Fc1ccc(NC(=S)N(Cc2ccccc2)Cc2ccco2)cc1Cl. The Balaban J connectivity index is 1.77. The van der Waals surface area contributed by atoms with Crippen molar-refractivity contribution >= 4 is 34.6 Å². The molecule has 0 bridgehead atoms. The Bertz CT molecular complexity index is 840. The second-order valence-corrected chi connectivity index (χ2v) is 6.27. The molecular formula is C19H16ClFN2OS. The molecule has 0 fully saturated rings. The molecule has 2 aromatic carbocycles. The van der Waals surface area contributed by atoms with Crippen LogP contribution in [0.1, 0.15) is 11.3 Å². The number of hydrogen-bond acceptors (Lipinski definition) is 2. The minimum Gasteiger partial charge on any atom is -0.467 e. The van der Waals surface area contributed by atoms with Gasteiger partial charge in [0.05, 0.1) is 17.8 Å². The summed E-state index contributed by atoms with van der Waals surface area (Å²) in [7, 11) is 0. The first-order valence-corrected chi connectivity index (χ1v) is 8.48. The lowest BCUT2D eigenvalue weighted by Gasteiger charge is -2.25. The van der Waals surface area contributed by atoms with Crippen LogP contribution >= 0.6 is 23.8 Å². The van der Waals surface area contributed by atoms with E-state index in [4.69, 9.17) is 28.2 Å². The predicted octanol–water partition coefficient (Wildman–Crippen LogP) is 5.47. The second kappa shape index (κ2) is 8.14. The highest BCUT2D eigenvalue weighted by molar-refractivity contribution is 7.80. The number of rotatable bonds is 5. The zero-order valence-corrected chi connectivity index (χ0v) is 14.9. The molecule has 1 heterocycles. The average molecular weight is 375 g/mol. The quantitative estimate of drug-likeness (QED) is 0.599. The van der Waals surface area contributed by atoms with Crippen molar-refractivity contribution in [3.05, 3.63) is 89.1 Å². The maximum Gasteiger partial charge on any atom is 0.174 e. The zero-order valence-electron chi connectivity index (χ0n) is 13.3. The van der Waals surface area contributed by atoms with Crippen molar-refractivity contribution < 1.29 is 8.81 Å². The van der Waals surface area contributed by atoms with E-state index in [0.717, 1.165) is 11.3 Å². The lowest BCUT2D eigenvalue weighted by Crippen LogP contribution is -2.33. The number of benzene rings is 2. The normalized spacial score (nSPS) is 10.5. The van der Waals surface area contributed by atoms with Gasteiger partial charge >= 0.3 is 0 Å². The number of nitrogens with one attached hydrogen (secondary N) is 1. The standard InChI is InChI=1S/C19H16ClFN2OS/c20-17-11-15(8-9-18(17)21)22-19(25)23(13-16-7-4-10-24-16)12-14-5-2-1-3-6-14/h1-11H,12-13H2,(H,22,25). The highest BCUT2D eigenvalue weighted by atomic mass is 35.5. The third-order valence-electron chi connectivity index (χ3n) is 3.60. The summed E-state index contributed by atoms with van der Waals surface area (Å²) in [5.41, 5.74) is 1.75. The molecule has 0 saturated carbocycles. The van der Waals surface area contributed by atoms with Crippen molar-refractivity contribution in [3.8, 4) is 0 Å². The topological polar surface area (TPSA) is 28.4 Å². The van der Waals surface area contributed by atoms with Crippen LogP contribution in [0.2, 0.25) is 5.02 Å². The molecule has 6 heteroatoms. The molecule has 0 aliphatic rings. The maximum atomic E-state index is 13.3. The molecule has 3 rings (SSSR count). The summed E-state index contributed by atoms with van der Waals surface area (Å²) in [6.07, 6.45) is 1.63. The van der Waals surface area contributed by atoms with Crippen molar-refractivity contribution in [1.29, 1.82) is 0 Å². The van der Waals surface area contributed by atoms with Gasteiger partial charge in [0.15, 0.2) is 5.11 Å². The number of halogens is 2. The van der Waals surface area contributed by atoms with E-state index in [9.17, 15) is 4.39 Å². The molecular weight excluding hydrogens is 359 g/mol. The van der Waals surface area contributed by atoms with Gasteiger partial charge in [0.2, 0.25) is 0 Å². The first kappa shape index (κ1) is 17.5. The number of anilines is 1. The van der Waals surface area contributed by atoms with Gasteiger partial charge in [-0.1, -0.05) is 41.9 Å². The largest absolute Gasteiger partial charge is 0.467 e. The van der Waals surface area contributed by atoms with E-state index in [1.165, 1.54) is 12.1 Å². The van der Waals surface area contributed by atoms with Gasteiger partial charge in [-0.05, 0) is 48.1 Å². The molecule has 0 aliphatic carbocycles. The van der Waals surface area contributed by atoms with E-state index in [-0.39, 0.29) is 5.02 Å². The molecule has 0 unspecified atom stereocenters. The first-order valence-electron chi connectivity index (χ1n) is 7.69. The van der Waals surface area contributed by atoms with E-state index in [2.05, 4.69) is 5.32 Å². The summed E-state index contributed by atoms with van der Waals surface area (Å²) >= 11 is 11.4. The van der Waals surface area contributed by atoms with Crippen molar-refractivity contribution in [2.45, 2.75) is 13.1 Å². The van der Waals surface area contributed by atoms with E-state index in [1.807, 2.05) is 47.4 Å². The van der Waals surface area contributed by atoms with Crippen LogP contribution in [0.15, 0.2) is 71.3 Å². The van der Waals surface area contributed by atoms with Crippen LogP contribution in [0.5, 0.6) is 0 Å². The van der Waals surface area contributed by atoms with Crippen LogP contribution in [0, 0.1) is 5.82 Å². The third-order valence-corrected chi connectivity index (χ3v) is 4.25. The van der Waals surface area contributed by atoms with Crippen LogP contribution in [0.4, 0.5) is 10.1 Å². The van der Waals surface area contributed by atoms with Crippen molar-refractivity contribution in [1.82, 2.24) is 4.90 Å². The number of hydrogen-bond donors (Lipinski definition) is 1. The van der Waals surface area contributed by atoms with Gasteiger partial charge in [0.1, 0.15) is 11.6 Å². The third kappa shape index (κ3) is 4.81. The van der Waals surface area contributed by atoms with Gasteiger partial charge in [-0.3, -0.25) is 0 Å². The summed E-state index contributed by atoms with van der Waals surface area (Å²) in [5.74, 6) is 0.340. The molecule has 25 heavy (non-hydrogen) atoms. The van der Waals surface area contributed by atoms with Gasteiger partial charge in [-0.25, -0.2) is 4.39 Å². The fraction of sp³-hybridized carbons (Fsp3) is 0.105. The van der Waals surface area contributed by atoms with Crippen LogP contribution in [-0.4, -0.2) is 10.0 Å². The fourth-order valence-corrected chi connectivity index (χ4v) is 2.80. The number of nitrogens with zero attached hydrogens (tertiary/aromatic N) is 1. The lowest BCUT2D eigenvalue weighted by molar-refractivity contribution is 0.360. The first-order chi connectivity index (χ1) is 12.1. The van der Waals surface area contributed by atoms with Crippen LogP contribution < -0.4 is 5.32 Å². The highest BCUT2D eigenvalue weighted by Gasteiger charge is 2.13. The number of thiocarbonyl (C=S) groups is 1. The average Bonchev–Trinajstić information content (AvgIpc) is 3.12. The number of furan rings is 1. The lowest BCUT2D eigenvalue weighted by atomic mass is 10.2. The predicted molar refractivity (Wildman–Crippen MR) is 102 cm³/mol. The molecule has 1 aromatic heterocycles. The Kier molecular flexibility index (Phi) is 5.68. The maximum absolute atomic E-state index is 13.3. The molecule has 0 atom stereocenters. The summed E-state index contributed by atoms with van der Waals surface area (Å²) in [4.78, 5) is 1.97. The van der Waals surface area contributed by atoms with Gasteiger partial charge in [-0.2, -0.15) is 0 Å². The Labute approximate surface area is 156 Å². The minimum absolute atomic E-state index is 0.0495. The minimum atomic E-state index is -0.463. The van der Waals surface area contributed by atoms with Crippen LogP contribution in [0.25, 0.3) is 0 Å². The Morgan fingerprint density at radius 2 is 1.88 bits per heavy atom. The molecule has 0 saturated heterocycles. The molecule has 0 amide bonds. The van der Waals surface area contributed by atoms with E-state index >= 15 is 0 Å². The highest BCUT2D eigenvalue weighted by Crippen LogP contribution is 2.20. The molecule has 3 nitrogen and oxygen atoms in total. The van der Waals surface area contributed by atoms with Gasteiger partial charge in [-0.15, -0.1) is 0 Å². The van der Waals surface area contributed by atoms with Crippen molar-refractivity contribution in [2.75, 3.05) is 5.32 Å². The summed E-state index contributed by atoms with van der Waals surface area (Å²) in [5, 5.41) is 3.66. The summed E-state index contributed by atoms with van der Waals surface area (Å²) in [6, 6.07) is 18.2. The zero-order chi connectivity index (χ0) is 17.6. The Morgan fingerprint density at radius 3 is 2.56 bits per heavy atom. The van der Waals surface area contributed by atoms with Gasteiger partial charge < -0.3 is 14.6 Å². The molecule has 3 aromatic rings. The fourth-order valence-electron chi connectivity index (χ4n) is 2.37. The molecule has 0 aliphatic heterocycles. The molecule has 128 valence electrons. The van der Waals surface area contributed by atoms with Gasteiger partial charge in [0.25, 0.3) is 0 Å². The molecule has 1 N–H and O–H groups in total. The second-order valence-electron chi connectivity index (χ2n) is 5.48. The van der Waals surface area contributed by atoms with E-state index in [0.29, 0.717) is 23.9 Å².